The van der Waals surface area contributed by atoms with Gasteiger partial charge in [0, 0.05) is 18.8 Å². The lowest BCUT2D eigenvalue weighted by atomic mass is 10.2. The van der Waals surface area contributed by atoms with Crippen LogP contribution in [0.2, 0.25) is 5.02 Å². The molecule has 152 valence electrons. The molecule has 1 aromatic carbocycles. The van der Waals surface area contributed by atoms with Crippen LogP contribution in [0.4, 0.5) is 0 Å². The molecule has 1 N–H and O–H groups in total. The molecule has 3 rings (SSSR count). The minimum absolute atomic E-state index is 0.217. The number of nitrogens with zero attached hydrogens (tertiary/aromatic N) is 4. The third-order valence-corrected chi connectivity index (χ3v) is 4.88. The number of hydrogen-bond donors (Lipinski definition) is 1. The summed E-state index contributed by atoms with van der Waals surface area (Å²) in [6.07, 6.45) is 0.837. The van der Waals surface area contributed by atoms with E-state index in [9.17, 15) is 4.79 Å². The number of rotatable bonds is 8. The van der Waals surface area contributed by atoms with Crippen LogP contribution in [-0.4, -0.2) is 45.7 Å². The molecule has 29 heavy (non-hydrogen) atoms. The van der Waals surface area contributed by atoms with Crippen LogP contribution in [0, 0.1) is 13.8 Å². The van der Waals surface area contributed by atoms with Crippen molar-refractivity contribution in [2.45, 2.75) is 26.8 Å². The van der Waals surface area contributed by atoms with E-state index in [-0.39, 0.29) is 11.6 Å². The molecule has 0 unspecified atom stereocenters. The normalized spacial score (nSPS) is 11.1. The summed E-state index contributed by atoms with van der Waals surface area (Å²) >= 11 is 6.22. The van der Waals surface area contributed by atoms with Crippen molar-refractivity contribution in [2.24, 2.45) is 0 Å². The standard InChI is InChI=1S/C22H26ClN5O/c1-16-14-17(2)28(26-16)20-11-10-19(23)21(25-20)22(29)24-12-7-13-27(3)15-18-8-5-4-6-9-18/h4-6,8-11,14H,7,12-13,15H2,1-3H3,(H,24,29). The van der Waals surface area contributed by atoms with Gasteiger partial charge in [-0.25, -0.2) is 9.67 Å². The van der Waals surface area contributed by atoms with E-state index in [0.717, 1.165) is 30.9 Å². The molecule has 0 saturated heterocycles. The molecule has 7 heteroatoms. The van der Waals surface area contributed by atoms with Crippen molar-refractivity contribution in [3.05, 3.63) is 76.2 Å². The molecule has 0 radical (unpaired) electrons. The highest BCUT2D eigenvalue weighted by molar-refractivity contribution is 6.33. The zero-order chi connectivity index (χ0) is 20.8. The molecule has 0 aliphatic rings. The molecule has 0 atom stereocenters. The molecule has 0 spiro atoms. The molecule has 0 bridgehead atoms. The number of benzene rings is 1. The van der Waals surface area contributed by atoms with Crippen LogP contribution in [0.1, 0.15) is 33.9 Å². The van der Waals surface area contributed by atoms with E-state index in [2.05, 4.69) is 39.5 Å². The lowest BCUT2D eigenvalue weighted by Gasteiger charge is -2.16. The fraction of sp³-hybridized carbons (Fsp3) is 0.318. The Bertz CT molecular complexity index is 971. The van der Waals surface area contributed by atoms with Gasteiger partial charge in [0.25, 0.3) is 5.91 Å². The SMILES string of the molecule is Cc1cc(C)n(-c2ccc(Cl)c(C(=O)NCCCN(C)Cc3ccccc3)n2)n1. The second kappa shape index (κ2) is 9.67. The number of carbonyl (C=O) groups is 1. The molecule has 6 nitrogen and oxygen atoms in total. The fourth-order valence-corrected chi connectivity index (χ4v) is 3.37. The van der Waals surface area contributed by atoms with E-state index in [0.29, 0.717) is 17.4 Å². The van der Waals surface area contributed by atoms with Crippen molar-refractivity contribution in [1.29, 1.82) is 0 Å². The van der Waals surface area contributed by atoms with Gasteiger partial charge in [0.05, 0.1) is 10.7 Å². The van der Waals surface area contributed by atoms with Gasteiger partial charge in [-0.1, -0.05) is 41.9 Å². The summed E-state index contributed by atoms with van der Waals surface area (Å²) in [7, 11) is 2.07. The predicted molar refractivity (Wildman–Crippen MR) is 116 cm³/mol. The third kappa shape index (κ3) is 5.65. The van der Waals surface area contributed by atoms with Crippen molar-refractivity contribution in [2.75, 3.05) is 20.1 Å². The maximum Gasteiger partial charge on any atom is 0.271 e. The number of aromatic nitrogens is 3. The van der Waals surface area contributed by atoms with Crippen LogP contribution in [-0.2, 0) is 6.54 Å². The molecule has 0 aliphatic carbocycles. The molecular formula is C22H26ClN5O. The minimum atomic E-state index is -0.274. The summed E-state index contributed by atoms with van der Waals surface area (Å²) in [6.45, 7) is 6.18. The predicted octanol–water partition coefficient (Wildman–Crippen LogP) is 3.79. The fourth-order valence-electron chi connectivity index (χ4n) is 3.18. The number of carbonyl (C=O) groups excluding carboxylic acids is 1. The van der Waals surface area contributed by atoms with Gasteiger partial charge >= 0.3 is 0 Å². The Morgan fingerprint density at radius 3 is 2.62 bits per heavy atom. The van der Waals surface area contributed by atoms with E-state index >= 15 is 0 Å². The van der Waals surface area contributed by atoms with Gasteiger partial charge < -0.3 is 10.2 Å². The van der Waals surface area contributed by atoms with Gasteiger partial charge in [-0.15, -0.1) is 0 Å². The quantitative estimate of drug-likeness (QED) is 0.573. The Balaban J connectivity index is 1.54. The van der Waals surface area contributed by atoms with Crippen molar-refractivity contribution >= 4 is 17.5 Å². The summed E-state index contributed by atoms with van der Waals surface area (Å²) in [5, 5.41) is 7.66. The van der Waals surface area contributed by atoms with Gasteiger partial charge in [0.15, 0.2) is 5.82 Å². The monoisotopic (exact) mass is 411 g/mol. The van der Waals surface area contributed by atoms with Gasteiger partial charge in [-0.05, 0) is 57.6 Å². The number of halogens is 1. The van der Waals surface area contributed by atoms with Crippen LogP contribution >= 0.6 is 11.6 Å². The lowest BCUT2D eigenvalue weighted by Crippen LogP contribution is -2.29. The van der Waals surface area contributed by atoms with Crippen molar-refractivity contribution in [3.8, 4) is 5.82 Å². The summed E-state index contributed by atoms with van der Waals surface area (Å²) in [4.78, 5) is 19.2. The van der Waals surface area contributed by atoms with Crippen LogP contribution in [0.15, 0.2) is 48.5 Å². The zero-order valence-corrected chi connectivity index (χ0v) is 17.8. The average Bonchev–Trinajstić information content (AvgIpc) is 3.04. The maximum atomic E-state index is 12.6. The van der Waals surface area contributed by atoms with E-state index in [1.54, 1.807) is 16.8 Å². The number of aryl methyl sites for hydroxylation is 2. The third-order valence-electron chi connectivity index (χ3n) is 4.57. The van der Waals surface area contributed by atoms with Gasteiger partial charge in [0.2, 0.25) is 0 Å². The summed E-state index contributed by atoms with van der Waals surface area (Å²) in [5.74, 6) is 0.303. The van der Waals surface area contributed by atoms with Gasteiger partial charge in [0.1, 0.15) is 5.69 Å². The summed E-state index contributed by atoms with van der Waals surface area (Å²) < 4.78 is 1.71. The van der Waals surface area contributed by atoms with E-state index in [4.69, 9.17) is 11.6 Å². The summed E-state index contributed by atoms with van der Waals surface area (Å²) in [5.41, 5.74) is 3.33. The highest BCUT2D eigenvalue weighted by atomic mass is 35.5. The maximum absolute atomic E-state index is 12.6. The van der Waals surface area contributed by atoms with Crippen molar-refractivity contribution < 1.29 is 4.79 Å². The molecule has 1 amide bonds. The second-order valence-corrected chi connectivity index (χ2v) is 7.58. The molecule has 2 aromatic heterocycles. The first-order chi connectivity index (χ1) is 13.9. The van der Waals surface area contributed by atoms with Crippen LogP contribution < -0.4 is 5.32 Å². The first-order valence-corrected chi connectivity index (χ1v) is 10.0. The molecular weight excluding hydrogens is 386 g/mol. The Kier molecular flexibility index (Phi) is 7.01. The first-order valence-electron chi connectivity index (χ1n) is 9.65. The lowest BCUT2D eigenvalue weighted by molar-refractivity contribution is 0.0947. The Hall–Kier alpha value is -2.70. The average molecular weight is 412 g/mol. The Morgan fingerprint density at radius 2 is 1.93 bits per heavy atom. The molecule has 0 fully saturated rings. The van der Waals surface area contributed by atoms with E-state index in [1.807, 2.05) is 38.1 Å². The van der Waals surface area contributed by atoms with Gasteiger partial charge in [-0.3, -0.25) is 4.79 Å². The largest absolute Gasteiger partial charge is 0.351 e. The highest BCUT2D eigenvalue weighted by Gasteiger charge is 2.15. The van der Waals surface area contributed by atoms with Crippen molar-refractivity contribution in [3.63, 3.8) is 0 Å². The molecule has 0 aliphatic heterocycles. The topological polar surface area (TPSA) is 63.1 Å². The highest BCUT2D eigenvalue weighted by Crippen LogP contribution is 2.17. The molecule has 3 aromatic rings. The summed E-state index contributed by atoms with van der Waals surface area (Å²) in [6, 6.07) is 15.7. The number of hydrogen-bond acceptors (Lipinski definition) is 4. The van der Waals surface area contributed by atoms with E-state index in [1.165, 1.54) is 5.56 Å². The number of nitrogens with one attached hydrogen (secondary N) is 1. The van der Waals surface area contributed by atoms with Crippen LogP contribution in [0.25, 0.3) is 5.82 Å². The second-order valence-electron chi connectivity index (χ2n) is 7.17. The van der Waals surface area contributed by atoms with E-state index < -0.39 is 0 Å². The molecule has 0 saturated carbocycles. The van der Waals surface area contributed by atoms with Gasteiger partial charge in [-0.2, -0.15) is 5.10 Å². The smallest absolute Gasteiger partial charge is 0.271 e. The van der Waals surface area contributed by atoms with Crippen LogP contribution in [0.5, 0.6) is 0 Å². The first kappa shape index (κ1) is 21.0. The zero-order valence-electron chi connectivity index (χ0n) is 17.0. The number of amides is 1. The number of pyridine rings is 1. The Morgan fingerprint density at radius 1 is 1.17 bits per heavy atom. The van der Waals surface area contributed by atoms with Crippen molar-refractivity contribution in [1.82, 2.24) is 25.0 Å². The molecule has 2 heterocycles. The minimum Gasteiger partial charge on any atom is -0.351 e. The van der Waals surface area contributed by atoms with Crippen LogP contribution in [0.3, 0.4) is 0 Å². The Labute approximate surface area is 176 Å².